The first kappa shape index (κ1) is 7.79. The summed E-state index contributed by atoms with van der Waals surface area (Å²) in [5.41, 5.74) is 2.17. The Morgan fingerprint density at radius 3 is 2.73 bits per heavy atom. The zero-order valence-electron chi connectivity index (χ0n) is 6.47. The average Bonchev–Trinajstić information content (AvgIpc) is 1.94. The highest BCUT2D eigenvalue weighted by Crippen LogP contribution is 2.19. The molecule has 58 valence electrons. The van der Waals surface area contributed by atoms with Crippen molar-refractivity contribution < 1.29 is 4.48 Å². The van der Waals surface area contributed by atoms with Gasteiger partial charge in [-0.2, -0.15) is 5.12 Å². The summed E-state index contributed by atoms with van der Waals surface area (Å²) in [7, 11) is 0. The van der Waals surface area contributed by atoms with Gasteiger partial charge in [-0.1, -0.05) is 23.2 Å². The van der Waals surface area contributed by atoms with E-state index in [9.17, 15) is 4.48 Å². The van der Waals surface area contributed by atoms with Crippen molar-refractivity contribution in [3.8, 4) is 0 Å². The maximum Gasteiger partial charge on any atom is 0.0674 e. The fraction of sp³-hybridized carbons (Fsp3) is 0.111. The lowest BCUT2D eigenvalue weighted by molar-refractivity contribution is 0.144. The molecule has 0 bridgehead atoms. The van der Waals surface area contributed by atoms with Crippen molar-refractivity contribution in [3.05, 3.63) is 48.4 Å². The van der Waals surface area contributed by atoms with Crippen molar-refractivity contribution in [3.63, 3.8) is 0 Å². The highest BCUT2D eigenvalue weighted by molar-refractivity contribution is 5.43. The van der Waals surface area contributed by atoms with Crippen molar-refractivity contribution in [2.75, 3.05) is 0 Å². The Morgan fingerprint density at radius 2 is 2.27 bits per heavy atom. The number of rotatable bonds is 1. The monoisotopic (exact) mass is 151 g/mol. The molecule has 0 saturated carbocycles. The summed E-state index contributed by atoms with van der Waals surface area (Å²) in [6, 6.07) is 0. The van der Waals surface area contributed by atoms with Gasteiger partial charge in [0.2, 0.25) is 0 Å². The zero-order chi connectivity index (χ0) is 8.43. The van der Waals surface area contributed by atoms with Crippen LogP contribution in [0.3, 0.4) is 0 Å². The van der Waals surface area contributed by atoms with E-state index in [4.69, 9.17) is 0 Å². The van der Waals surface area contributed by atoms with Crippen molar-refractivity contribution in [2.24, 2.45) is 0 Å². The van der Waals surface area contributed by atoms with Gasteiger partial charge in [0.25, 0.3) is 0 Å². The van der Waals surface area contributed by atoms with E-state index in [2.05, 4.69) is 13.2 Å². The van der Waals surface area contributed by atoms with Gasteiger partial charge in [-0.15, -0.1) is 0 Å². The van der Waals surface area contributed by atoms with Crippen LogP contribution in [0.15, 0.2) is 48.4 Å². The second-order valence-corrected chi connectivity index (χ2v) is 2.50. The smallest absolute Gasteiger partial charge is 0.0674 e. The van der Waals surface area contributed by atoms with Crippen LogP contribution in [-0.4, -0.2) is 5.12 Å². The third kappa shape index (κ3) is 1.58. The molecule has 1 heterocycles. The number of hydrogen-bond donors (Lipinski definition) is 0. The molecule has 0 N–H and O–H groups in total. The Kier molecular flexibility index (Phi) is 1.94. The summed E-state index contributed by atoms with van der Waals surface area (Å²) >= 11 is 0. The Hall–Kier alpha value is -1.31. The molecule has 1 nitrogen and oxygen atoms in total. The van der Waals surface area contributed by atoms with Gasteiger partial charge in [-0.25, -0.2) is 0 Å². The van der Waals surface area contributed by atoms with Gasteiger partial charge in [-0.05, 0) is 24.6 Å². The molecular weight excluding hydrogens is 141 g/mol. The van der Waals surface area contributed by atoms with Crippen molar-refractivity contribution in [1.29, 1.82) is 0 Å². The number of allylic oxidation sites excluding steroid dienone is 4. The van der Waals surface area contributed by atoms with Crippen LogP contribution in [0, 0.1) is 0 Å². The van der Waals surface area contributed by atoms with E-state index in [0.29, 0.717) is 10.8 Å². The van der Waals surface area contributed by atoms with E-state index < -0.39 is 0 Å². The van der Waals surface area contributed by atoms with Crippen LogP contribution in [0.4, 0.5) is 4.48 Å². The summed E-state index contributed by atoms with van der Waals surface area (Å²) in [5, 5.41) is 0.479. The normalized spacial score (nSPS) is 16.7. The molecule has 0 aromatic rings. The predicted molar refractivity (Wildman–Crippen MR) is 44.1 cm³/mol. The van der Waals surface area contributed by atoms with Crippen LogP contribution in [0.1, 0.15) is 6.92 Å². The molecule has 0 amide bonds. The second-order valence-electron chi connectivity index (χ2n) is 2.50. The van der Waals surface area contributed by atoms with Crippen LogP contribution in [0.25, 0.3) is 0 Å². The highest BCUT2D eigenvalue weighted by atomic mass is 19.2. The molecule has 1 rings (SSSR count). The van der Waals surface area contributed by atoms with E-state index in [1.807, 2.05) is 6.92 Å². The minimum atomic E-state index is 0.338. The second kappa shape index (κ2) is 2.74. The Morgan fingerprint density at radius 1 is 1.64 bits per heavy atom. The molecule has 1 aliphatic rings. The molecule has 0 aliphatic carbocycles. The van der Waals surface area contributed by atoms with Crippen molar-refractivity contribution >= 4 is 0 Å². The minimum absolute atomic E-state index is 0.338. The Bertz CT molecular complexity index is 261. The van der Waals surface area contributed by atoms with Gasteiger partial charge in [0, 0.05) is 6.20 Å². The fourth-order valence-corrected chi connectivity index (χ4v) is 0.796. The molecule has 2 heteroatoms. The average molecular weight is 151 g/mol. The van der Waals surface area contributed by atoms with E-state index in [0.717, 1.165) is 11.1 Å². The van der Waals surface area contributed by atoms with Crippen LogP contribution < -0.4 is 0 Å². The third-order valence-electron chi connectivity index (χ3n) is 1.47. The van der Waals surface area contributed by atoms with Gasteiger partial charge < -0.3 is 0 Å². The Labute approximate surface area is 65.8 Å². The predicted octanol–water partition coefficient (Wildman–Crippen LogP) is 2.72. The van der Waals surface area contributed by atoms with Crippen LogP contribution in [0.5, 0.6) is 0 Å². The van der Waals surface area contributed by atoms with E-state index in [1.54, 1.807) is 12.2 Å². The molecule has 11 heavy (non-hydrogen) atoms. The number of hydrogen-bond acceptors (Lipinski definition) is 1. The SMILES string of the molecule is C=C(C)C1=CC(=C)N(F)C=C1. The van der Waals surface area contributed by atoms with Gasteiger partial charge in [0.05, 0.1) is 5.70 Å². The van der Waals surface area contributed by atoms with Gasteiger partial charge in [-0.3, -0.25) is 0 Å². The maximum atomic E-state index is 12.6. The lowest BCUT2D eigenvalue weighted by Gasteiger charge is -2.14. The summed E-state index contributed by atoms with van der Waals surface area (Å²) in [6.45, 7) is 9.12. The summed E-state index contributed by atoms with van der Waals surface area (Å²) in [5.74, 6) is 0. The lowest BCUT2D eigenvalue weighted by Crippen LogP contribution is -2.06. The quantitative estimate of drug-likeness (QED) is 0.521. The first-order valence-corrected chi connectivity index (χ1v) is 3.31. The topological polar surface area (TPSA) is 3.24 Å². The summed E-state index contributed by atoms with van der Waals surface area (Å²) < 4.78 is 12.6. The number of nitrogens with zero attached hydrogens (tertiary/aromatic N) is 1. The summed E-state index contributed by atoms with van der Waals surface area (Å²) in [4.78, 5) is 0. The van der Waals surface area contributed by atoms with Gasteiger partial charge in [0.1, 0.15) is 0 Å². The van der Waals surface area contributed by atoms with Crippen molar-refractivity contribution in [2.45, 2.75) is 6.92 Å². The molecular formula is C9H10FN. The Balaban J connectivity index is 2.89. The minimum Gasteiger partial charge on any atom is -0.188 e. The van der Waals surface area contributed by atoms with Crippen LogP contribution in [0.2, 0.25) is 0 Å². The molecule has 0 atom stereocenters. The lowest BCUT2D eigenvalue weighted by atomic mass is 10.1. The fourth-order valence-electron chi connectivity index (χ4n) is 0.796. The van der Waals surface area contributed by atoms with E-state index >= 15 is 0 Å². The molecule has 0 aromatic heterocycles. The van der Waals surface area contributed by atoms with Crippen LogP contribution in [-0.2, 0) is 0 Å². The van der Waals surface area contributed by atoms with Crippen molar-refractivity contribution in [1.82, 2.24) is 5.12 Å². The zero-order valence-corrected chi connectivity index (χ0v) is 6.47. The largest absolute Gasteiger partial charge is 0.188 e. The first-order valence-electron chi connectivity index (χ1n) is 3.31. The van der Waals surface area contributed by atoms with Gasteiger partial charge >= 0.3 is 0 Å². The maximum absolute atomic E-state index is 12.6. The van der Waals surface area contributed by atoms with Gasteiger partial charge in [0.15, 0.2) is 0 Å². The highest BCUT2D eigenvalue weighted by Gasteiger charge is 2.06. The molecule has 0 saturated heterocycles. The molecule has 1 aliphatic heterocycles. The molecule has 0 unspecified atom stereocenters. The third-order valence-corrected chi connectivity index (χ3v) is 1.47. The molecule has 0 radical (unpaired) electrons. The van der Waals surface area contributed by atoms with Crippen LogP contribution >= 0.6 is 0 Å². The number of halogens is 1. The first-order chi connectivity index (χ1) is 5.11. The molecule has 0 spiro atoms. The standard InChI is InChI=1S/C9H10FN/c1-7(2)9-4-5-11(10)8(3)6-9/h4-6H,1,3H2,2H3. The summed E-state index contributed by atoms with van der Waals surface area (Å²) in [6.07, 6.45) is 4.64. The van der Waals surface area contributed by atoms with E-state index in [-0.39, 0.29) is 0 Å². The van der Waals surface area contributed by atoms with E-state index in [1.165, 1.54) is 6.20 Å². The molecule has 0 fully saturated rings. The molecule has 0 aromatic carbocycles.